The van der Waals surface area contributed by atoms with Gasteiger partial charge in [0.05, 0.1) is 38.7 Å². The van der Waals surface area contributed by atoms with Crippen LogP contribution in [-0.4, -0.2) is 57.0 Å². The fraction of sp³-hybridized carbons (Fsp3) is 0.281. The number of para-hydroxylation sites is 1. The molecule has 0 fully saturated rings. The molecule has 0 aromatic heterocycles. The van der Waals surface area contributed by atoms with Crippen molar-refractivity contribution in [2.45, 2.75) is 32.7 Å². The number of carbonyl (C=O) groups is 2. The molecule has 3 aromatic carbocycles. The Hall–Kier alpha value is -5.23. The zero-order valence-corrected chi connectivity index (χ0v) is 25.0. The number of hydrogen-bond acceptors (Lipinski definition) is 10. The summed E-state index contributed by atoms with van der Waals surface area (Å²) in [5, 5.41) is 20.0. The fourth-order valence-corrected chi connectivity index (χ4v) is 4.49. The second-order valence-electron chi connectivity index (χ2n) is 9.57. The minimum Gasteiger partial charge on any atom is -0.493 e. The average Bonchev–Trinajstić information content (AvgIpc) is 3.03. The minimum atomic E-state index is -1.17. The van der Waals surface area contributed by atoms with Crippen LogP contribution < -0.4 is 35.0 Å². The maximum atomic E-state index is 12.5. The Labute approximate surface area is 255 Å². The normalized spacial score (nSPS) is 15.2. The van der Waals surface area contributed by atoms with Gasteiger partial charge >= 0.3 is 12.0 Å². The SMILES string of the molecule is CCOc1cc([C@H]2NC(=O)NC(C)=C2C(=O)OC)ccc1OC[C@H](O)N/N=C/c1cccc(OC)c1OCc1ccccc1. The Balaban J connectivity index is 1.42. The third-order valence-electron chi connectivity index (χ3n) is 6.55. The Morgan fingerprint density at radius 3 is 2.55 bits per heavy atom. The highest BCUT2D eigenvalue weighted by Gasteiger charge is 2.32. The van der Waals surface area contributed by atoms with Crippen LogP contribution in [0.15, 0.2) is 83.1 Å². The van der Waals surface area contributed by atoms with Gasteiger partial charge in [0.2, 0.25) is 0 Å². The van der Waals surface area contributed by atoms with Gasteiger partial charge in [-0.1, -0.05) is 42.5 Å². The Bertz CT molecular complexity index is 1510. The van der Waals surface area contributed by atoms with Gasteiger partial charge in [-0.25, -0.2) is 9.59 Å². The fourth-order valence-electron chi connectivity index (χ4n) is 4.49. The van der Waals surface area contributed by atoms with Crippen LogP contribution in [0.4, 0.5) is 4.79 Å². The summed E-state index contributed by atoms with van der Waals surface area (Å²) in [6, 6.07) is 19.0. The van der Waals surface area contributed by atoms with E-state index in [1.165, 1.54) is 13.3 Å². The molecule has 12 nitrogen and oxygen atoms in total. The summed E-state index contributed by atoms with van der Waals surface area (Å²) in [6.07, 6.45) is 0.355. The van der Waals surface area contributed by atoms with E-state index in [1.54, 1.807) is 38.3 Å². The Morgan fingerprint density at radius 2 is 1.82 bits per heavy atom. The van der Waals surface area contributed by atoms with Gasteiger partial charge in [0, 0.05) is 11.3 Å². The van der Waals surface area contributed by atoms with Gasteiger partial charge in [-0.3, -0.25) is 5.43 Å². The topological polar surface area (TPSA) is 149 Å². The number of hydrazone groups is 1. The summed E-state index contributed by atoms with van der Waals surface area (Å²) in [4.78, 5) is 24.6. The Morgan fingerprint density at radius 1 is 1.02 bits per heavy atom. The second-order valence-corrected chi connectivity index (χ2v) is 9.57. The van der Waals surface area contributed by atoms with E-state index in [9.17, 15) is 14.7 Å². The maximum absolute atomic E-state index is 12.5. The van der Waals surface area contributed by atoms with Crippen molar-refractivity contribution in [2.75, 3.05) is 27.4 Å². The molecule has 0 saturated carbocycles. The molecule has 0 unspecified atom stereocenters. The smallest absolute Gasteiger partial charge is 0.337 e. The number of esters is 1. The van der Waals surface area contributed by atoms with E-state index >= 15 is 0 Å². The molecule has 4 N–H and O–H groups in total. The van der Waals surface area contributed by atoms with Crippen LogP contribution >= 0.6 is 0 Å². The summed E-state index contributed by atoms with van der Waals surface area (Å²) in [7, 11) is 2.84. The number of aliphatic hydroxyl groups is 1. The highest BCUT2D eigenvalue weighted by Crippen LogP contribution is 2.35. The molecule has 0 aliphatic carbocycles. The van der Waals surface area contributed by atoms with E-state index in [1.807, 2.05) is 49.4 Å². The van der Waals surface area contributed by atoms with Gasteiger partial charge in [0.1, 0.15) is 13.2 Å². The molecule has 3 aromatic rings. The van der Waals surface area contributed by atoms with Crippen molar-refractivity contribution in [1.82, 2.24) is 16.1 Å². The summed E-state index contributed by atoms with van der Waals surface area (Å²) in [6.45, 7) is 3.95. The van der Waals surface area contributed by atoms with E-state index < -0.39 is 24.3 Å². The number of methoxy groups -OCH3 is 2. The standard InChI is InChI=1S/C32H36N4O8/c1-5-42-26-16-22(29-28(31(38)41-4)20(2)34-32(39)35-29)14-15-24(26)43-19-27(37)36-33-17-23-12-9-13-25(40-3)30(23)44-18-21-10-7-6-8-11-21/h6-17,27,29,36-37H,5,18-19H2,1-4H3,(H2,34,35,39)/b33-17+/t27-,29+/m0/s1. The number of allylic oxidation sites excluding steroid dienone is 1. The summed E-state index contributed by atoms with van der Waals surface area (Å²) >= 11 is 0. The molecular weight excluding hydrogens is 568 g/mol. The minimum absolute atomic E-state index is 0.164. The molecule has 2 atom stereocenters. The molecule has 0 radical (unpaired) electrons. The molecule has 12 heteroatoms. The van der Waals surface area contributed by atoms with Gasteiger partial charge in [0.15, 0.2) is 29.2 Å². The first-order valence-electron chi connectivity index (χ1n) is 13.9. The van der Waals surface area contributed by atoms with Crippen molar-refractivity contribution in [3.63, 3.8) is 0 Å². The van der Waals surface area contributed by atoms with Crippen LogP contribution in [0.25, 0.3) is 0 Å². The largest absolute Gasteiger partial charge is 0.493 e. The molecule has 44 heavy (non-hydrogen) atoms. The van der Waals surface area contributed by atoms with Crippen molar-refractivity contribution in [2.24, 2.45) is 5.10 Å². The predicted molar refractivity (Wildman–Crippen MR) is 163 cm³/mol. The molecule has 1 aliphatic rings. The third kappa shape index (κ3) is 7.98. The lowest BCUT2D eigenvalue weighted by atomic mass is 9.95. The predicted octanol–water partition coefficient (Wildman–Crippen LogP) is 3.79. The van der Waals surface area contributed by atoms with E-state index in [0.717, 1.165) is 5.56 Å². The second kappa shape index (κ2) is 15.3. The van der Waals surface area contributed by atoms with Gasteiger partial charge in [-0.05, 0) is 49.2 Å². The van der Waals surface area contributed by atoms with Crippen LogP contribution in [0, 0.1) is 0 Å². The first-order chi connectivity index (χ1) is 21.3. The first kappa shape index (κ1) is 31.7. The molecular formula is C32H36N4O8. The van der Waals surface area contributed by atoms with Gasteiger partial charge < -0.3 is 39.4 Å². The molecule has 4 rings (SSSR count). The number of urea groups is 1. The van der Waals surface area contributed by atoms with Gasteiger partial charge in [-0.2, -0.15) is 5.10 Å². The van der Waals surface area contributed by atoms with E-state index in [2.05, 4.69) is 21.2 Å². The number of hydrogen-bond donors (Lipinski definition) is 4. The lowest BCUT2D eigenvalue weighted by Crippen LogP contribution is -2.45. The van der Waals surface area contributed by atoms with E-state index in [0.29, 0.717) is 53.0 Å². The number of aliphatic hydroxyl groups excluding tert-OH is 1. The van der Waals surface area contributed by atoms with Crippen molar-refractivity contribution >= 4 is 18.2 Å². The first-order valence-corrected chi connectivity index (χ1v) is 13.9. The number of nitrogens with zero attached hydrogens (tertiary/aromatic N) is 1. The molecule has 0 saturated heterocycles. The maximum Gasteiger partial charge on any atom is 0.337 e. The third-order valence-corrected chi connectivity index (χ3v) is 6.55. The van der Waals surface area contributed by atoms with Crippen LogP contribution in [0.1, 0.15) is 36.6 Å². The number of amides is 2. The summed E-state index contributed by atoms with van der Waals surface area (Å²) < 4.78 is 28.0. The zero-order valence-electron chi connectivity index (χ0n) is 25.0. The molecule has 232 valence electrons. The van der Waals surface area contributed by atoms with Crippen LogP contribution in [-0.2, 0) is 16.1 Å². The van der Waals surface area contributed by atoms with Crippen molar-refractivity contribution in [3.05, 3.63) is 94.7 Å². The average molecular weight is 605 g/mol. The van der Waals surface area contributed by atoms with Crippen LogP contribution in [0.3, 0.4) is 0 Å². The number of ether oxygens (including phenoxy) is 5. The number of nitrogens with one attached hydrogen (secondary N) is 3. The molecule has 0 bridgehead atoms. The Kier molecular flexibility index (Phi) is 11.0. The van der Waals surface area contributed by atoms with E-state index in [-0.39, 0.29) is 12.2 Å². The number of benzene rings is 3. The highest BCUT2D eigenvalue weighted by atomic mass is 16.5. The zero-order chi connectivity index (χ0) is 31.5. The van der Waals surface area contributed by atoms with Crippen molar-refractivity contribution in [3.8, 4) is 23.0 Å². The molecule has 2 amide bonds. The number of rotatable bonds is 14. The van der Waals surface area contributed by atoms with Crippen LogP contribution in [0.5, 0.6) is 23.0 Å². The molecule has 1 aliphatic heterocycles. The lowest BCUT2D eigenvalue weighted by Gasteiger charge is -2.28. The lowest BCUT2D eigenvalue weighted by molar-refractivity contribution is -0.136. The summed E-state index contributed by atoms with van der Waals surface area (Å²) in [5.41, 5.74) is 5.54. The number of carbonyl (C=O) groups excluding carboxylic acids is 2. The quantitative estimate of drug-likeness (QED) is 0.0933. The monoisotopic (exact) mass is 604 g/mol. The molecule has 1 heterocycles. The van der Waals surface area contributed by atoms with Crippen molar-refractivity contribution < 1.29 is 38.4 Å². The van der Waals surface area contributed by atoms with Gasteiger partial charge in [-0.15, -0.1) is 0 Å². The molecule has 0 spiro atoms. The van der Waals surface area contributed by atoms with Gasteiger partial charge in [0.25, 0.3) is 0 Å². The highest BCUT2D eigenvalue weighted by molar-refractivity contribution is 5.95. The van der Waals surface area contributed by atoms with Crippen molar-refractivity contribution in [1.29, 1.82) is 0 Å². The van der Waals surface area contributed by atoms with Crippen LogP contribution in [0.2, 0.25) is 0 Å². The summed E-state index contributed by atoms with van der Waals surface area (Å²) in [5.74, 6) is 1.21. The van der Waals surface area contributed by atoms with E-state index in [4.69, 9.17) is 23.7 Å².